The lowest BCUT2D eigenvalue weighted by molar-refractivity contribution is -0.0467. The van der Waals surface area contributed by atoms with E-state index in [4.69, 9.17) is 9.47 Å². The van der Waals surface area contributed by atoms with Crippen LogP contribution in [-0.4, -0.2) is 35.0 Å². The van der Waals surface area contributed by atoms with Crippen molar-refractivity contribution >= 4 is 5.82 Å². The predicted octanol–water partition coefficient (Wildman–Crippen LogP) is 1.57. The Kier molecular flexibility index (Phi) is 3.18. The predicted molar refractivity (Wildman–Crippen MR) is 70.6 cm³/mol. The monoisotopic (exact) mass is 260 g/mol. The molecule has 0 unspecified atom stereocenters. The Morgan fingerprint density at radius 2 is 2.11 bits per heavy atom. The number of aryl methyl sites for hydroxylation is 1. The van der Waals surface area contributed by atoms with Crippen molar-refractivity contribution < 1.29 is 9.47 Å². The van der Waals surface area contributed by atoms with Gasteiger partial charge in [-0.3, -0.25) is 4.68 Å². The number of hydrogen-bond acceptors (Lipinski definition) is 5. The van der Waals surface area contributed by atoms with Crippen LogP contribution in [0.2, 0.25) is 0 Å². The van der Waals surface area contributed by atoms with Gasteiger partial charge in [0.25, 0.3) is 0 Å². The van der Waals surface area contributed by atoms with Crippen molar-refractivity contribution in [2.75, 3.05) is 25.6 Å². The molecule has 3 rings (SSSR count). The van der Waals surface area contributed by atoms with Crippen molar-refractivity contribution in [3.63, 3.8) is 0 Å². The van der Waals surface area contributed by atoms with Gasteiger partial charge < -0.3 is 14.8 Å². The van der Waals surface area contributed by atoms with Gasteiger partial charge >= 0.3 is 0 Å². The van der Waals surface area contributed by atoms with Gasteiger partial charge in [0, 0.05) is 31.4 Å². The Bertz CT molecular complexity index is 576. The molecule has 1 N–H and O–H groups in total. The van der Waals surface area contributed by atoms with E-state index in [1.54, 1.807) is 4.68 Å². The molecule has 0 amide bonds. The van der Waals surface area contributed by atoms with E-state index in [-0.39, 0.29) is 0 Å². The van der Waals surface area contributed by atoms with Crippen molar-refractivity contribution in [3.05, 3.63) is 30.2 Å². The number of hydrogen-bond donors (Lipinski definition) is 1. The minimum absolute atomic E-state index is 0.400. The molecule has 0 spiro atoms. The molecular formula is C13H16N4O2. The third-order valence-corrected chi connectivity index (χ3v) is 3.04. The molecule has 1 saturated heterocycles. The smallest absolute Gasteiger partial charge is 0.201 e. The third kappa shape index (κ3) is 2.32. The zero-order chi connectivity index (χ0) is 13.2. The number of aromatic nitrogens is 3. The lowest BCUT2D eigenvalue weighted by Gasteiger charge is -2.14. The Balaban J connectivity index is 2.06. The molecule has 2 aromatic rings. The summed E-state index contributed by atoms with van der Waals surface area (Å²) in [5, 5.41) is 7.23. The first kappa shape index (κ1) is 12.1. The summed E-state index contributed by atoms with van der Waals surface area (Å²) in [5.41, 5.74) is 2.78. The van der Waals surface area contributed by atoms with Crippen LogP contribution in [0.3, 0.4) is 0 Å². The van der Waals surface area contributed by atoms with Gasteiger partial charge in [-0.2, -0.15) is 5.10 Å². The van der Waals surface area contributed by atoms with Gasteiger partial charge in [0.05, 0.1) is 19.4 Å². The largest absolute Gasteiger partial charge is 0.373 e. The average molecular weight is 260 g/mol. The molecule has 3 heterocycles. The highest BCUT2D eigenvalue weighted by atomic mass is 16.7. The van der Waals surface area contributed by atoms with Crippen LogP contribution in [0.4, 0.5) is 5.82 Å². The van der Waals surface area contributed by atoms with Gasteiger partial charge in [-0.05, 0) is 12.1 Å². The Morgan fingerprint density at radius 3 is 2.74 bits per heavy atom. The Morgan fingerprint density at radius 1 is 1.32 bits per heavy atom. The Hall–Kier alpha value is -1.92. The normalized spacial score (nSPS) is 15.9. The van der Waals surface area contributed by atoms with Crippen LogP contribution in [0.15, 0.2) is 24.5 Å². The first-order valence-corrected chi connectivity index (χ1v) is 6.19. The van der Waals surface area contributed by atoms with E-state index in [0.717, 1.165) is 22.6 Å². The summed E-state index contributed by atoms with van der Waals surface area (Å²) < 4.78 is 12.9. The minimum Gasteiger partial charge on any atom is -0.373 e. The quantitative estimate of drug-likeness (QED) is 0.907. The molecule has 0 radical (unpaired) electrons. The summed E-state index contributed by atoms with van der Waals surface area (Å²) >= 11 is 0. The van der Waals surface area contributed by atoms with Crippen molar-refractivity contribution in [1.29, 1.82) is 0 Å². The van der Waals surface area contributed by atoms with Gasteiger partial charge in [0.1, 0.15) is 11.5 Å². The lowest BCUT2D eigenvalue weighted by atomic mass is 10.1. The fraction of sp³-hybridized carbons (Fsp3) is 0.385. The molecule has 6 nitrogen and oxygen atoms in total. The van der Waals surface area contributed by atoms with Crippen LogP contribution >= 0.6 is 0 Å². The summed E-state index contributed by atoms with van der Waals surface area (Å²) in [6.45, 7) is 1.20. The molecule has 0 aliphatic carbocycles. The van der Waals surface area contributed by atoms with Gasteiger partial charge in [0.2, 0.25) is 6.29 Å². The van der Waals surface area contributed by atoms with Crippen LogP contribution < -0.4 is 5.32 Å². The summed E-state index contributed by atoms with van der Waals surface area (Å²) in [4.78, 5) is 4.56. The highest BCUT2D eigenvalue weighted by Crippen LogP contribution is 2.32. The second kappa shape index (κ2) is 4.99. The van der Waals surface area contributed by atoms with Crippen LogP contribution in [-0.2, 0) is 16.5 Å². The maximum atomic E-state index is 5.57. The van der Waals surface area contributed by atoms with Crippen molar-refractivity contribution in [3.8, 4) is 11.1 Å². The number of nitrogens with one attached hydrogen (secondary N) is 1. The second-order valence-electron chi connectivity index (χ2n) is 4.36. The van der Waals surface area contributed by atoms with Crippen LogP contribution in [0.25, 0.3) is 11.1 Å². The maximum absolute atomic E-state index is 5.57. The molecular weight excluding hydrogens is 244 g/mol. The average Bonchev–Trinajstić information content (AvgIpc) is 3.09. The molecule has 19 heavy (non-hydrogen) atoms. The summed E-state index contributed by atoms with van der Waals surface area (Å²) in [7, 11) is 3.73. The fourth-order valence-corrected chi connectivity index (χ4v) is 2.11. The number of pyridine rings is 1. The summed E-state index contributed by atoms with van der Waals surface area (Å²) in [6.07, 6.45) is 3.37. The molecule has 1 aliphatic rings. The van der Waals surface area contributed by atoms with Crippen molar-refractivity contribution in [1.82, 2.24) is 14.8 Å². The van der Waals surface area contributed by atoms with E-state index >= 15 is 0 Å². The maximum Gasteiger partial charge on any atom is 0.201 e. The second-order valence-corrected chi connectivity index (χ2v) is 4.36. The molecule has 0 aromatic carbocycles. The molecule has 6 heteroatoms. The topological polar surface area (TPSA) is 61.2 Å². The van der Waals surface area contributed by atoms with Crippen LogP contribution in [0.5, 0.6) is 0 Å². The number of ether oxygens (including phenoxy) is 2. The fourth-order valence-electron chi connectivity index (χ4n) is 2.11. The van der Waals surface area contributed by atoms with Crippen LogP contribution in [0.1, 0.15) is 12.0 Å². The minimum atomic E-state index is -0.400. The molecule has 2 aromatic heterocycles. The standard InChI is InChI=1S/C13H16N4O2/c1-14-11-4-3-10(9-7-15-17(2)8-9)12(16-11)13-18-5-6-19-13/h3-4,7-8,13H,5-6H2,1-2H3,(H,14,16). The Labute approximate surface area is 111 Å². The zero-order valence-corrected chi connectivity index (χ0v) is 11.0. The van der Waals surface area contributed by atoms with Crippen molar-refractivity contribution in [2.45, 2.75) is 6.29 Å². The van der Waals surface area contributed by atoms with Gasteiger partial charge in [-0.1, -0.05) is 0 Å². The van der Waals surface area contributed by atoms with Gasteiger partial charge in [-0.15, -0.1) is 0 Å². The van der Waals surface area contributed by atoms with E-state index in [2.05, 4.69) is 15.4 Å². The first-order chi connectivity index (χ1) is 9.28. The number of rotatable bonds is 3. The molecule has 0 saturated carbocycles. The summed E-state index contributed by atoms with van der Waals surface area (Å²) in [5.74, 6) is 0.793. The highest BCUT2D eigenvalue weighted by Gasteiger charge is 2.24. The van der Waals surface area contributed by atoms with E-state index in [9.17, 15) is 0 Å². The lowest BCUT2D eigenvalue weighted by Crippen LogP contribution is -2.06. The first-order valence-electron chi connectivity index (χ1n) is 6.19. The SMILES string of the molecule is CNc1ccc(-c2cnn(C)c2)c(C2OCCO2)n1. The van der Waals surface area contributed by atoms with Gasteiger partial charge in [-0.25, -0.2) is 4.98 Å². The number of anilines is 1. The third-order valence-electron chi connectivity index (χ3n) is 3.04. The summed E-state index contributed by atoms with van der Waals surface area (Å²) in [6, 6.07) is 3.94. The van der Waals surface area contributed by atoms with E-state index in [1.165, 1.54) is 0 Å². The van der Waals surface area contributed by atoms with Gasteiger partial charge in [0.15, 0.2) is 0 Å². The molecule has 1 fully saturated rings. The van der Waals surface area contributed by atoms with Crippen LogP contribution in [0, 0.1) is 0 Å². The van der Waals surface area contributed by atoms with Crippen molar-refractivity contribution in [2.24, 2.45) is 7.05 Å². The molecule has 0 bridgehead atoms. The molecule has 100 valence electrons. The van der Waals surface area contributed by atoms with E-state index in [0.29, 0.717) is 13.2 Å². The molecule has 1 aliphatic heterocycles. The zero-order valence-electron chi connectivity index (χ0n) is 11.0. The number of nitrogens with zero attached hydrogens (tertiary/aromatic N) is 3. The molecule has 0 atom stereocenters. The van der Waals surface area contributed by atoms with E-state index in [1.807, 2.05) is 38.6 Å². The van der Waals surface area contributed by atoms with E-state index < -0.39 is 6.29 Å². The highest BCUT2D eigenvalue weighted by molar-refractivity contribution is 5.66.